The first-order chi connectivity index (χ1) is 8.70. The Labute approximate surface area is 118 Å². The van der Waals surface area contributed by atoms with Crippen LogP contribution in [0.1, 0.15) is 36.8 Å². The van der Waals surface area contributed by atoms with Gasteiger partial charge in [0.25, 0.3) is 0 Å². The molecule has 0 N–H and O–H groups in total. The Bertz CT molecular complexity index is 394. The minimum Gasteiger partial charge on any atom is -0.295 e. The molecule has 1 aromatic rings. The van der Waals surface area contributed by atoms with E-state index in [1.807, 2.05) is 6.07 Å². The standard InChI is InChI=1S/C15H21BrFN/c1-12-6-7-14(17)9-13(12)11-18-8-4-2-3-5-15(18)10-16/h6-7,9,15H,2-5,8,10-11H2,1H3. The van der Waals surface area contributed by atoms with E-state index in [-0.39, 0.29) is 5.82 Å². The van der Waals surface area contributed by atoms with Crippen LogP contribution in [0.2, 0.25) is 0 Å². The summed E-state index contributed by atoms with van der Waals surface area (Å²) in [5, 5.41) is 1.02. The summed E-state index contributed by atoms with van der Waals surface area (Å²) >= 11 is 3.62. The van der Waals surface area contributed by atoms with Gasteiger partial charge in [0.05, 0.1) is 0 Å². The van der Waals surface area contributed by atoms with Crippen LogP contribution in [-0.2, 0) is 6.54 Å². The van der Waals surface area contributed by atoms with Crippen molar-refractivity contribution in [3.63, 3.8) is 0 Å². The SMILES string of the molecule is Cc1ccc(F)cc1CN1CCCCCC1CBr. The Morgan fingerprint density at radius 1 is 1.33 bits per heavy atom. The maximum Gasteiger partial charge on any atom is 0.123 e. The molecule has 1 aliphatic rings. The maximum absolute atomic E-state index is 13.3. The monoisotopic (exact) mass is 313 g/mol. The van der Waals surface area contributed by atoms with Crippen molar-refractivity contribution >= 4 is 15.9 Å². The van der Waals surface area contributed by atoms with Gasteiger partial charge in [0.1, 0.15) is 5.82 Å². The molecule has 1 nitrogen and oxygen atoms in total. The van der Waals surface area contributed by atoms with Crippen molar-refractivity contribution in [3.05, 3.63) is 35.1 Å². The Kier molecular flexibility index (Phi) is 5.19. The molecule has 1 atom stereocenters. The number of alkyl halides is 1. The Balaban J connectivity index is 2.12. The highest BCUT2D eigenvalue weighted by molar-refractivity contribution is 9.09. The van der Waals surface area contributed by atoms with E-state index in [9.17, 15) is 4.39 Å². The second kappa shape index (κ2) is 6.67. The van der Waals surface area contributed by atoms with Crippen molar-refractivity contribution in [2.24, 2.45) is 0 Å². The summed E-state index contributed by atoms with van der Waals surface area (Å²) in [6.07, 6.45) is 5.15. The quantitative estimate of drug-likeness (QED) is 0.753. The van der Waals surface area contributed by atoms with E-state index in [1.54, 1.807) is 12.1 Å². The molecule has 0 spiro atoms. The number of halogens is 2. The van der Waals surface area contributed by atoms with Gasteiger partial charge in [-0.1, -0.05) is 34.8 Å². The van der Waals surface area contributed by atoms with Gasteiger partial charge in [0.2, 0.25) is 0 Å². The van der Waals surface area contributed by atoms with Gasteiger partial charge in [-0.2, -0.15) is 0 Å². The second-order valence-electron chi connectivity index (χ2n) is 5.20. The molecule has 0 aliphatic carbocycles. The molecule has 1 saturated heterocycles. The fourth-order valence-electron chi connectivity index (χ4n) is 2.65. The van der Waals surface area contributed by atoms with Crippen molar-refractivity contribution in [1.29, 1.82) is 0 Å². The second-order valence-corrected chi connectivity index (χ2v) is 5.85. The zero-order valence-electron chi connectivity index (χ0n) is 11.0. The lowest BCUT2D eigenvalue weighted by Gasteiger charge is -2.29. The highest BCUT2D eigenvalue weighted by atomic mass is 79.9. The maximum atomic E-state index is 13.3. The summed E-state index contributed by atoms with van der Waals surface area (Å²) < 4.78 is 13.3. The van der Waals surface area contributed by atoms with E-state index in [1.165, 1.54) is 31.2 Å². The topological polar surface area (TPSA) is 3.24 Å². The van der Waals surface area contributed by atoms with E-state index in [4.69, 9.17) is 0 Å². The van der Waals surface area contributed by atoms with Gasteiger partial charge < -0.3 is 0 Å². The molecule has 2 rings (SSSR count). The Morgan fingerprint density at radius 3 is 2.94 bits per heavy atom. The summed E-state index contributed by atoms with van der Waals surface area (Å²) in [7, 11) is 0. The molecule has 1 fully saturated rings. The summed E-state index contributed by atoms with van der Waals surface area (Å²) in [6.45, 7) is 4.07. The first-order valence-corrected chi connectivity index (χ1v) is 7.88. The van der Waals surface area contributed by atoms with Crippen LogP contribution in [0.25, 0.3) is 0 Å². The van der Waals surface area contributed by atoms with Crippen LogP contribution in [0.5, 0.6) is 0 Å². The van der Waals surface area contributed by atoms with Gasteiger partial charge in [-0.05, 0) is 49.6 Å². The summed E-state index contributed by atoms with van der Waals surface area (Å²) in [4.78, 5) is 2.50. The number of hydrogen-bond acceptors (Lipinski definition) is 1. The van der Waals surface area contributed by atoms with Crippen molar-refractivity contribution in [3.8, 4) is 0 Å². The molecule has 1 heterocycles. The third kappa shape index (κ3) is 3.55. The largest absolute Gasteiger partial charge is 0.295 e. The molecule has 0 aromatic heterocycles. The fraction of sp³-hybridized carbons (Fsp3) is 0.600. The lowest BCUT2D eigenvalue weighted by atomic mass is 10.1. The van der Waals surface area contributed by atoms with Crippen molar-refractivity contribution in [2.75, 3.05) is 11.9 Å². The molecule has 1 aromatic carbocycles. The molecule has 18 heavy (non-hydrogen) atoms. The molecule has 100 valence electrons. The van der Waals surface area contributed by atoms with Gasteiger partial charge in [0.15, 0.2) is 0 Å². The minimum atomic E-state index is -0.124. The van der Waals surface area contributed by atoms with Crippen LogP contribution in [0.15, 0.2) is 18.2 Å². The van der Waals surface area contributed by atoms with Crippen LogP contribution < -0.4 is 0 Å². The third-order valence-corrected chi connectivity index (χ3v) is 4.61. The number of benzene rings is 1. The van der Waals surface area contributed by atoms with Crippen molar-refractivity contribution in [1.82, 2.24) is 4.90 Å². The Hall–Kier alpha value is -0.410. The lowest BCUT2D eigenvalue weighted by molar-refractivity contribution is 0.208. The molecule has 0 amide bonds. The van der Waals surface area contributed by atoms with Crippen molar-refractivity contribution in [2.45, 2.75) is 45.2 Å². The van der Waals surface area contributed by atoms with E-state index < -0.39 is 0 Å². The minimum absolute atomic E-state index is 0.124. The molecule has 1 aliphatic heterocycles. The molecule has 0 saturated carbocycles. The zero-order chi connectivity index (χ0) is 13.0. The predicted molar refractivity (Wildman–Crippen MR) is 77.6 cm³/mol. The number of nitrogens with zero attached hydrogens (tertiary/aromatic N) is 1. The Morgan fingerprint density at radius 2 is 2.17 bits per heavy atom. The first kappa shape index (κ1) is 14.0. The van der Waals surface area contributed by atoms with Gasteiger partial charge in [-0.3, -0.25) is 4.90 Å². The average molecular weight is 314 g/mol. The van der Waals surface area contributed by atoms with Gasteiger partial charge in [-0.15, -0.1) is 0 Å². The van der Waals surface area contributed by atoms with Crippen LogP contribution in [-0.4, -0.2) is 22.8 Å². The zero-order valence-corrected chi connectivity index (χ0v) is 12.5. The van der Waals surface area contributed by atoms with E-state index >= 15 is 0 Å². The lowest BCUT2D eigenvalue weighted by Crippen LogP contribution is -2.35. The number of aryl methyl sites for hydroxylation is 1. The normalized spacial score (nSPS) is 21.8. The highest BCUT2D eigenvalue weighted by Gasteiger charge is 2.20. The van der Waals surface area contributed by atoms with E-state index in [0.717, 1.165) is 24.0 Å². The smallest absolute Gasteiger partial charge is 0.123 e. The molecular weight excluding hydrogens is 293 g/mol. The summed E-state index contributed by atoms with van der Waals surface area (Å²) in [6, 6.07) is 5.70. The summed E-state index contributed by atoms with van der Waals surface area (Å²) in [5.41, 5.74) is 2.32. The number of hydrogen-bond donors (Lipinski definition) is 0. The van der Waals surface area contributed by atoms with Gasteiger partial charge in [-0.25, -0.2) is 4.39 Å². The summed E-state index contributed by atoms with van der Waals surface area (Å²) in [5.74, 6) is -0.124. The van der Waals surface area contributed by atoms with E-state index in [2.05, 4.69) is 27.8 Å². The molecule has 0 bridgehead atoms. The number of likely N-dealkylation sites (tertiary alicyclic amines) is 1. The first-order valence-electron chi connectivity index (χ1n) is 6.75. The van der Waals surface area contributed by atoms with Crippen LogP contribution in [0.3, 0.4) is 0 Å². The highest BCUT2D eigenvalue weighted by Crippen LogP contribution is 2.22. The van der Waals surface area contributed by atoms with Gasteiger partial charge >= 0.3 is 0 Å². The molecular formula is C15H21BrFN. The van der Waals surface area contributed by atoms with E-state index in [0.29, 0.717) is 6.04 Å². The van der Waals surface area contributed by atoms with Crippen LogP contribution >= 0.6 is 15.9 Å². The van der Waals surface area contributed by atoms with Crippen LogP contribution in [0.4, 0.5) is 4.39 Å². The third-order valence-electron chi connectivity index (χ3n) is 3.86. The van der Waals surface area contributed by atoms with Crippen LogP contribution in [0, 0.1) is 12.7 Å². The average Bonchev–Trinajstić information content (AvgIpc) is 2.59. The molecule has 3 heteroatoms. The number of rotatable bonds is 3. The predicted octanol–water partition coefficient (Wildman–Crippen LogP) is 4.27. The van der Waals surface area contributed by atoms with Gasteiger partial charge in [0, 0.05) is 17.9 Å². The van der Waals surface area contributed by atoms with Crippen molar-refractivity contribution < 1.29 is 4.39 Å². The molecule has 1 unspecified atom stereocenters. The fourth-order valence-corrected chi connectivity index (χ4v) is 3.38. The molecule has 0 radical (unpaired) electrons.